The predicted molar refractivity (Wildman–Crippen MR) is 179 cm³/mol. The minimum Gasteiger partial charge on any atom is -0.368 e. The van der Waals surface area contributed by atoms with Crippen LogP contribution >= 0.6 is 11.3 Å². The minimum absolute atomic E-state index is 0.0627. The second-order valence-electron chi connectivity index (χ2n) is 12.3. The molecule has 6 aromatic rings. The van der Waals surface area contributed by atoms with Crippen LogP contribution in [-0.4, -0.2) is 63.9 Å². The third-order valence-electron chi connectivity index (χ3n) is 7.65. The van der Waals surface area contributed by atoms with E-state index in [1.807, 2.05) is 15.4 Å². The Bertz CT molecular complexity index is 1920. The first kappa shape index (κ1) is 29.0. The lowest BCUT2D eigenvalue weighted by Gasteiger charge is -2.16. The van der Waals surface area contributed by atoms with Crippen LogP contribution in [0.15, 0.2) is 61.1 Å². The van der Waals surface area contributed by atoms with Gasteiger partial charge in [-0.25, -0.2) is 14.6 Å². The van der Waals surface area contributed by atoms with Crippen molar-refractivity contribution in [3.05, 3.63) is 61.1 Å². The minimum atomic E-state index is -1.20. The van der Waals surface area contributed by atoms with Gasteiger partial charge in [0.15, 0.2) is 0 Å². The lowest BCUT2D eigenvalue weighted by molar-refractivity contribution is -0.128. The average molecular weight is 612 g/mol. The molecule has 0 fully saturated rings. The Morgan fingerprint density at radius 3 is 2.65 bits per heavy atom. The van der Waals surface area contributed by atoms with Crippen molar-refractivity contribution in [2.75, 3.05) is 26.4 Å². The molecule has 0 aliphatic rings. The summed E-state index contributed by atoms with van der Waals surface area (Å²) in [5.41, 5.74) is 11.7. The Balaban J connectivity index is 1.47. The number of carbonyl (C=O) groups is 1. The summed E-state index contributed by atoms with van der Waals surface area (Å²) in [6.07, 6.45) is 6.08. The Kier molecular flexibility index (Phi) is 7.80. The van der Waals surface area contributed by atoms with E-state index in [-0.39, 0.29) is 11.9 Å². The number of benzene rings is 2. The van der Waals surface area contributed by atoms with Crippen LogP contribution in [0.1, 0.15) is 6.42 Å². The number of nitrogens with two attached hydrogens (primary N) is 1. The van der Waals surface area contributed by atoms with Gasteiger partial charge in [0.05, 0.1) is 23.4 Å². The summed E-state index contributed by atoms with van der Waals surface area (Å²) in [6, 6.07) is 16.2. The van der Waals surface area contributed by atoms with Crippen LogP contribution in [0, 0.1) is 0 Å². The molecule has 2 aromatic carbocycles. The summed E-state index contributed by atoms with van der Waals surface area (Å²) in [7, 11) is 2.34. The summed E-state index contributed by atoms with van der Waals surface area (Å²) in [5.74, 6) is 0.276. The highest BCUT2D eigenvalue weighted by Gasteiger charge is 2.20. The van der Waals surface area contributed by atoms with Crippen molar-refractivity contribution in [3.63, 3.8) is 0 Å². The number of aryl methyl sites for hydroxylation is 1. The van der Waals surface area contributed by atoms with E-state index in [0.29, 0.717) is 19.7 Å². The standard InChI is InChI=1S/C32H37N7O2SSi/c1-37(2)29(40)10-11-38-19-25(30-26(38)18-34-32(33)36-30)22-14-23-17-35-39(20-41-12-13-43(3,4)5)31(23)24(15-22)28-16-21-8-6-7-9-27(21)42-28/h6-9,14-19H,10-13,20H2,1-5H3,(H2,33,34,36). The molecule has 0 saturated carbocycles. The third-order valence-corrected chi connectivity index (χ3v) is 10.5. The molecule has 4 heterocycles. The molecule has 1 amide bonds. The smallest absolute Gasteiger partial charge is 0.223 e. The maximum atomic E-state index is 12.4. The van der Waals surface area contributed by atoms with Crippen LogP contribution in [0.4, 0.5) is 5.95 Å². The zero-order chi connectivity index (χ0) is 30.3. The lowest BCUT2D eigenvalue weighted by atomic mass is 10.0. The number of nitrogens with zero attached hydrogens (tertiary/aromatic N) is 6. The molecule has 11 heteroatoms. The van der Waals surface area contributed by atoms with Gasteiger partial charge in [0.1, 0.15) is 12.2 Å². The second kappa shape index (κ2) is 11.6. The van der Waals surface area contributed by atoms with Gasteiger partial charge in [0, 0.05) is 74.0 Å². The fourth-order valence-corrected chi connectivity index (χ4v) is 7.07. The number of amides is 1. The summed E-state index contributed by atoms with van der Waals surface area (Å²) in [4.78, 5) is 24.1. The number of aromatic nitrogens is 5. The van der Waals surface area contributed by atoms with E-state index >= 15 is 0 Å². The van der Waals surface area contributed by atoms with Crippen LogP contribution in [0.3, 0.4) is 0 Å². The first-order valence-corrected chi connectivity index (χ1v) is 19.0. The highest BCUT2D eigenvalue weighted by atomic mass is 32.1. The molecule has 9 nitrogen and oxygen atoms in total. The number of thiophene rings is 1. The Labute approximate surface area is 255 Å². The third kappa shape index (κ3) is 6.06. The van der Waals surface area contributed by atoms with Crippen molar-refractivity contribution < 1.29 is 9.53 Å². The SMILES string of the molecule is CN(C)C(=O)CCn1cc(-c2cc(-c3cc4ccccc4s3)c3c(cnn3COCC[Si](C)(C)C)c2)c2nc(N)ncc21. The molecule has 0 saturated heterocycles. The zero-order valence-corrected chi connectivity index (χ0v) is 27.1. The molecule has 0 atom stereocenters. The zero-order valence-electron chi connectivity index (χ0n) is 25.3. The molecule has 0 bridgehead atoms. The molecule has 4 aromatic heterocycles. The quantitative estimate of drug-likeness (QED) is 0.137. The normalized spacial score (nSPS) is 12.1. The summed E-state index contributed by atoms with van der Waals surface area (Å²) >= 11 is 1.77. The number of fused-ring (bicyclic) bond motifs is 3. The van der Waals surface area contributed by atoms with Gasteiger partial charge in [-0.1, -0.05) is 37.8 Å². The van der Waals surface area contributed by atoms with E-state index in [9.17, 15) is 4.79 Å². The topological polar surface area (TPSA) is 104 Å². The number of rotatable bonds is 10. The van der Waals surface area contributed by atoms with Gasteiger partial charge in [0.2, 0.25) is 11.9 Å². The number of ether oxygens (including phenoxy) is 1. The van der Waals surface area contributed by atoms with E-state index in [0.717, 1.165) is 56.2 Å². The molecule has 0 spiro atoms. The van der Waals surface area contributed by atoms with E-state index < -0.39 is 8.07 Å². The molecular weight excluding hydrogens is 575 g/mol. The second-order valence-corrected chi connectivity index (χ2v) is 19.0. The maximum Gasteiger partial charge on any atom is 0.223 e. The first-order valence-electron chi connectivity index (χ1n) is 14.5. The maximum absolute atomic E-state index is 12.4. The van der Waals surface area contributed by atoms with Crippen molar-refractivity contribution in [1.29, 1.82) is 0 Å². The van der Waals surface area contributed by atoms with Gasteiger partial charge in [-0.3, -0.25) is 4.79 Å². The Morgan fingerprint density at radius 2 is 1.88 bits per heavy atom. The molecule has 43 heavy (non-hydrogen) atoms. The Morgan fingerprint density at radius 1 is 1.07 bits per heavy atom. The highest BCUT2D eigenvalue weighted by Crippen LogP contribution is 2.41. The summed E-state index contributed by atoms with van der Waals surface area (Å²) in [5, 5.41) is 6.99. The number of anilines is 1. The van der Waals surface area contributed by atoms with E-state index in [2.05, 4.69) is 78.3 Å². The lowest BCUT2D eigenvalue weighted by Crippen LogP contribution is -2.22. The summed E-state index contributed by atoms with van der Waals surface area (Å²) < 4.78 is 11.4. The molecular formula is C32H37N7O2SSi. The molecule has 0 radical (unpaired) electrons. The number of hydrogen-bond donors (Lipinski definition) is 1. The van der Waals surface area contributed by atoms with Crippen molar-refractivity contribution in [2.24, 2.45) is 0 Å². The molecule has 0 aliphatic carbocycles. The monoisotopic (exact) mass is 611 g/mol. The first-order chi connectivity index (χ1) is 20.6. The fourth-order valence-electron chi connectivity index (χ4n) is 5.24. The van der Waals surface area contributed by atoms with Crippen molar-refractivity contribution in [3.8, 4) is 21.6 Å². The van der Waals surface area contributed by atoms with Crippen molar-refractivity contribution in [1.82, 2.24) is 29.2 Å². The molecule has 6 rings (SSSR count). The Hall–Kier alpha value is -4.06. The van der Waals surface area contributed by atoms with Crippen LogP contribution in [-0.2, 0) is 22.8 Å². The van der Waals surface area contributed by atoms with Gasteiger partial charge < -0.3 is 19.9 Å². The molecule has 0 unspecified atom stereocenters. The van der Waals surface area contributed by atoms with E-state index in [1.54, 1.807) is 36.5 Å². The highest BCUT2D eigenvalue weighted by molar-refractivity contribution is 7.22. The number of carbonyl (C=O) groups excluding carboxylic acids is 1. The molecule has 0 aliphatic heterocycles. The average Bonchev–Trinajstić information content (AvgIpc) is 3.68. The number of hydrogen-bond acceptors (Lipinski definition) is 7. The van der Waals surface area contributed by atoms with Gasteiger partial charge in [-0.15, -0.1) is 11.3 Å². The van der Waals surface area contributed by atoms with Gasteiger partial charge in [-0.05, 0) is 41.3 Å². The summed E-state index contributed by atoms with van der Waals surface area (Å²) in [6.45, 7) is 8.71. The van der Waals surface area contributed by atoms with E-state index in [4.69, 9.17) is 15.6 Å². The van der Waals surface area contributed by atoms with Crippen molar-refractivity contribution >= 4 is 63.3 Å². The van der Waals surface area contributed by atoms with E-state index in [1.165, 1.54) is 10.1 Å². The van der Waals surface area contributed by atoms with Gasteiger partial charge in [-0.2, -0.15) is 5.10 Å². The molecule has 2 N–H and O–H groups in total. The molecule has 222 valence electrons. The van der Waals surface area contributed by atoms with Crippen LogP contribution < -0.4 is 5.73 Å². The van der Waals surface area contributed by atoms with Gasteiger partial charge >= 0.3 is 0 Å². The largest absolute Gasteiger partial charge is 0.368 e. The van der Waals surface area contributed by atoms with Crippen LogP contribution in [0.25, 0.3) is 53.6 Å². The van der Waals surface area contributed by atoms with Gasteiger partial charge in [0.25, 0.3) is 0 Å². The van der Waals surface area contributed by atoms with Crippen LogP contribution in [0.2, 0.25) is 25.7 Å². The fraction of sp³-hybridized carbons (Fsp3) is 0.312. The van der Waals surface area contributed by atoms with Crippen molar-refractivity contribution in [2.45, 2.75) is 45.4 Å². The van der Waals surface area contributed by atoms with Crippen LogP contribution in [0.5, 0.6) is 0 Å². The predicted octanol–water partition coefficient (Wildman–Crippen LogP) is 6.70. The number of nitrogen functional groups attached to an aromatic ring is 1.